The average Bonchev–Trinajstić information content (AvgIpc) is 2.64. The summed E-state index contributed by atoms with van der Waals surface area (Å²) in [5.41, 5.74) is 2.49. The maximum absolute atomic E-state index is 13.1. The van der Waals surface area contributed by atoms with Crippen molar-refractivity contribution in [3.63, 3.8) is 0 Å². The molecule has 0 bridgehead atoms. The fraction of sp³-hybridized carbons (Fsp3) is 0.150. The molecule has 132 valence electrons. The van der Waals surface area contributed by atoms with Gasteiger partial charge in [-0.05, 0) is 56.3 Å². The molecular weight excluding hydrogens is 333 g/mol. The van der Waals surface area contributed by atoms with E-state index in [1.54, 1.807) is 37.3 Å². The predicted molar refractivity (Wildman–Crippen MR) is 98.4 cm³/mol. The molecule has 0 aliphatic rings. The highest BCUT2D eigenvalue weighted by Gasteiger charge is 2.18. The number of nitrogens with one attached hydrogen (secondary N) is 1. The zero-order valence-electron chi connectivity index (χ0n) is 14.4. The van der Waals surface area contributed by atoms with Gasteiger partial charge in [0, 0.05) is 17.3 Å². The van der Waals surface area contributed by atoms with Crippen molar-refractivity contribution in [1.82, 2.24) is 9.78 Å². The molecule has 3 aromatic rings. The Bertz CT molecular complexity index is 979. The molecule has 0 saturated carbocycles. The van der Waals surface area contributed by atoms with Crippen molar-refractivity contribution in [2.45, 2.75) is 19.9 Å². The highest BCUT2D eigenvalue weighted by Crippen LogP contribution is 2.17. The zero-order chi connectivity index (χ0) is 18.7. The van der Waals surface area contributed by atoms with Gasteiger partial charge in [0.2, 0.25) is 5.91 Å². The third-order valence-corrected chi connectivity index (χ3v) is 4.03. The van der Waals surface area contributed by atoms with Crippen LogP contribution < -0.4 is 10.9 Å². The third kappa shape index (κ3) is 3.85. The topological polar surface area (TPSA) is 64.0 Å². The summed E-state index contributed by atoms with van der Waals surface area (Å²) in [6.45, 7) is 3.56. The summed E-state index contributed by atoms with van der Waals surface area (Å²) in [5, 5.41) is 7.04. The number of carbonyl (C=O) groups is 1. The van der Waals surface area contributed by atoms with Crippen molar-refractivity contribution in [2.75, 3.05) is 5.32 Å². The van der Waals surface area contributed by atoms with Crippen LogP contribution in [-0.2, 0) is 4.79 Å². The van der Waals surface area contributed by atoms with Gasteiger partial charge in [-0.25, -0.2) is 9.07 Å². The Labute approximate surface area is 150 Å². The number of benzene rings is 2. The lowest BCUT2D eigenvalue weighted by Crippen LogP contribution is -2.33. The number of hydrogen-bond acceptors (Lipinski definition) is 3. The van der Waals surface area contributed by atoms with Crippen LogP contribution in [0.15, 0.2) is 65.5 Å². The summed E-state index contributed by atoms with van der Waals surface area (Å²) in [7, 11) is 0. The van der Waals surface area contributed by atoms with Crippen molar-refractivity contribution in [3.8, 4) is 11.3 Å². The Morgan fingerprint density at radius 2 is 1.69 bits per heavy atom. The summed E-state index contributed by atoms with van der Waals surface area (Å²) in [4.78, 5) is 24.6. The number of aromatic nitrogens is 2. The molecule has 1 atom stereocenters. The molecule has 1 heterocycles. The first-order valence-corrected chi connectivity index (χ1v) is 8.17. The van der Waals surface area contributed by atoms with Gasteiger partial charge >= 0.3 is 0 Å². The highest BCUT2D eigenvalue weighted by atomic mass is 19.1. The van der Waals surface area contributed by atoms with Crippen molar-refractivity contribution < 1.29 is 9.18 Å². The smallest absolute Gasteiger partial charge is 0.267 e. The maximum Gasteiger partial charge on any atom is 0.267 e. The van der Waals surface area contributed by atoms with E-state index in [4.69, 9.17) is 0 Å². The fourth-order valence-electron chi connectivity index (χ4n) is 2.47. The molecule has 1 N–H and O–H groups in total. The minimum absolute atomic E-state index is 0.347. The van der Waals surface area contributed by atoms with E-state index in [1.807, 2.05) is 19.1 Å². The van der Waals surface area contributed by atoms with Crippen LogP contribution in [0.25, 0.3) is 11.3 Å². The first-order valence-electron chi connectivity index (χ1n) is 8.17. The summed E-state index contributed by atoms with van der Waals surface area (Å²) in [6.07, 6.45) is 0. The van der Waals surface area contributed by atoms with Gasteiger partial charge in [-0.3, -0.25) is 9.59 Å². The van der Waals surface area contributed by atoms with Crippen molar-refractivity contribution in [1.29, 1.82) is 0 Å². The van der Waals surface area contributed by atoms with Crippen LogP contribution in [0.5, 0.6) is 0 Å². The van der Waals surface area contributed by atoms with E-state index in [2.05, 4.69) is 10.4 Å². The van der Waals surface area contributed by atoms with Gasteiger partial charge in [0.25, 0.3) is 5.56 Å². The Morgan fingerprint density at radius 1 is 1.04 bits per heavy atom. The van der Waals surface area contributed by atoms with Crippen LogP contribution >= 0.6 is 0 Å². The molecule has 2 aromatic carbocycles. The van der Waals surface area contributed by atoms with Gasteiger partial charge in [-0.1, -0.05) is 17.7 Å². The second-order valence-corrected chi connectivity index (χ2v) is 6.04. The van der Waals surface area contributed by atoms with Gasteiger partial charge in [-0.15, -0.1) is 0 Å². The molecule has 0 aliphatic heterocycles. The number of amides is 1. The van der Waals surface area contributed by atoms with Crippen LogP contribution in [0.4, 0.5) is 10.1 Å². The molecule has 26 heavy (non-hydrogen) atoms. The van der Waals surface area contributed by atoms with Crippen LogP contribution in [0, 0.1) is 12.7 Å². The molecule has 0 fully saturated rings. The molecule has 0 aliphatic carbocycles. The average molecular weight is 351 g/mol. The van der Waals surface area contributed by atoms with E-state index in [-0.39, 0.29) is 17.3 Å². The second kappa shape index (κ2) is 7.31. The first-order chi connectivity index (χ1) is 12.4. The molecule has 0 saturated heterocycles. The van der Waals surface area contributed by atoms with Crippen molar-refractivity contribution in [2.24, 2.45) is 0 Å². The molecule has 1 aromatic heterocycles. The van der Waals surface area contributed by atoms with E-state index >= 15 is 0 Å². The quantitative estimate of drug-likeness (QED) is 0.782. The number of carbonyl (C=O) groups excluding carboxylic acids is 1. The van der Waals surface area contributed by atoms with Gasteiger partial charge < -0.3 is 5.32 Å². The lowest BCUT2D eigenvalue weighted by Gasteiger charge is -2.15. The Morgan fingerprint density at radius 3 is 2.35 bits per heavy atom. The largest absolute Gasteiger partial charge is 0.324 e. The standard InChI is InChI=1S/C20H18FN3O2/c1-13-3-9-17(10-4-13)22-20(26)14(2)24-19(25)12-11-18(23-24)15-5-7-16(21)8-6-15/h3-12,14H,1-2H3,(H,22,26). The zero-order valence-corrected chi connectivity index (χ0v) is 14.4. The number of halogens is 1. The summed E-state index contributed by atoms with van der Waals surface area (Å²) in [5.74, 6) is -0.701. The SMILES string of the molecule is Cc1ccc(NC(=O)C(C)n2nc(-c3ccc(F)cc3)ccc2=O)cc1. The summed E-state index contributed by atoms with van der Waals surface area (Å²) in [6, 6.07) is 15.3. The molecule has 3 rings (SSSR count). The highest BCUT2D eigenvalue weighted by molar-refractivity contribution is 5.93. The third-order valence-electron chi connectivity index (χ3n) is 4.03. The van der Waals surface area contributed by atoms with Gasteiger partial charge in [-0.2, -0.15) is 5.10 Å². The minimum atomic E-state index is -0.802. The van der Waals surface area contributed by atoms with E-state index in [9.17, 15) is 14.0 Å². The van der Waals surface area contributed by atoms with E-state index in [0.717, 1.165) is 10.2 Å². The molecule has 1 amide bonds. The number of rotatable bonds is 4. The van der Waals surface area contributed by atoms with Gasteiger partial charge in [0.15, 0.2) is 0 Å². The normalized spacial score (nSPS) is 11.8. The van der Waals surface area contributed by atoms with E-state index in [1.165, 1.54) is 18.2 Å². The van der Waals surface area contributed by atoms with Crippen LogP contribution in [0.1, 0.15) is 18.5 Å². The molecule has 0 radical (unpaired) electrons. The Balaban J connectivity index is 1.86. The molecule has 6 heteroatoms. The number of anilines is 1. The predicted octanol–water partition coefficient (Wildman–Crippen LogP) is 3.56. The van der Waals surface area contributed by atoms with Crippen LogP contribution in [0.2, 0.25) is 0 Å². The van der Waals surface area contributed by atoms with E-state index in [0.29, 0.717) is 16.9 Å². The Kier molecular flexibility index (Phi) is 4.93. The molecule has 5 nitrogen and oxygen atoms in total. The first kappa shape index (κ1) is 17.5. The fourth-order valence-corrected chi connectivity index (χ4v) is 2.47. The van der Waals surface area contributed by atoms with Gasteiger partial charge in [0.05, 0.1) is 5.69 Å². The van der Waals surface area contributed by atoms with Crippen molar-refractivity contribution >= 4 is 11.6 Å². The Hall–Kier alpha value is -3.28. The number of nitrogens with zero attached hydrogens (tertiary/aromatic N) is 2. The lowest BCUT2D eigenvalue weighted by atomic mass is 10.1. The molecular formula is C20H18FN3O2. The lowest BCUT2D eigenvalue weighted by molar-refractivity contribution is -0.119. The number of aryl methyl sites for hydroxylation is 1. The summed E-state index contributed by atoms with van der Waals surface area (Å²) >= 11 is 0. The minimum Gasteiger partial charge on any atom is -0.324 e. The van der Waals surface area contributed by atoms with E-state index < -0.39 is 6.04 Å². The summed E-state index contributed by atoms with van der Waals surface area (Å²) < 4.78 is 14.2. The van der Waals surface area contributed by atoms with Crippen LogP contribution in [0.3, 0.4) is 0 Å². The monoisotopic (exact) mass is 351 g/mol. The second-order valence-electron chi connectivity index (χ2n) is 6.04. The van der Waals surface area contributed by atoms with Gasteiger partial charge in [0.1, 0.15) is 11.9 Å². The maximum atomic E-state index is 13.1. The molecule has 1 unspecified atom stereocenters. The number of hydrogen-bond donors (Lipinski definition) is 1. The van der Waals surface area contributed by atoms with Crippen LogP contribution in [-0.4, -0.2) is 15.7 Å². The molecule has 0 spiro atoms. The van der Waals surface area contributed by atoms with Crippen molar-refractivity contribution in [3.05, 3.63) is 82.4 Å².